The molecule has 1 amide bonds. The summed E-state index contributed by atoms with van der Waals surface area (Å²) in [6.45, 7) is 0.214. The summed E-state index contributed by atoms with van der Waals surface area (Å²) < 4.78 is 51.2. The van der Waals surface area contributed by atoms with Crippen molar-refractivity contribution in [1.29, 1.82) is 0 Å². The minimum Gasteiger partial charge on any atom is -0.467 e. The molecule has 7 nitrogen and oxygen atoms in total. The largest absolute Gasteiger partial charge is 0.467 e. The summed E-state index contributed by atoms with van der Waals surface area (Å²) in [7, 11) is 1.78. The van der Waals surface area contributed by atoms with Crippen LogP contribution >= 0.6 is 11.8 Å². The maximum absolute atomic E-state index is 13.5. The molecule has 4 rings (SSSR count). The topological polar surface area (TPSA) is 84.4 Å². The number of amides is 1. The summed E-state index contributed by atoms with van der Waals surface area (Å²) in [6.07, 6.45) is 2.06. The van der Waals surface area contributed by atoms with Crippen LogP contribution in [0.2, 0.25) is 0 Å². The summed E-state index contributed by atoms with van der Waals surface area (Å²) in [5.74, 6) is 1.15. The molecule has 0 aromatic carbocycles. The lowest BCUT2D eigenvalue weighted by Gasteiger charge is -2.32. The fourth-order valence-electron chi connectivity index (χ4n) is 3.84. The Balaban J connectivity index is 1.43. The first-order valence-corrected chi connectivity index (χ1v) is 12.0. The van der Waals surface area contributed by atoms with Crippen molar-refractivity contribution in [3.05, 3.63) is 59.6 Å². The van der Waals surface area contributed by atoms with E-state index in [2.05, 4.69) is 15.3 Å². The van der Waals surface area contributed by atoms with Crippen LogP contribution in [-0.2, 0) is 18.5 Å². The van der Waals surface area contributed by atoms with Gasteiger partial charge in [0.25, 0.3) is 5.91 Å². The molecule has 1 aliphatic rings. The summed E-state index contributed by atoms with van der Waals surface area (Å²) >= 11 is 1.03. The number of hydrogen-bond donors (Lipinski definition) is 1. The molecule has 11 heteroatoms. The Morgan fingerprint density at radius 2 is 1.97 bits per heavy atom. The first-order valence-electron chi connectivity index (χ1n) is 11.0. The van der Waals surface area contributed by atoms with Crippen molar-refractivity contribution in [3.63, 3.8) is 0 Å². The van der Waals surface area contributed by atoms with E-state index in [1.165, 1.54) is 12.3 Å². The smallest absolute Gasteiger partial charge is 0.433 e. The van der Waals surface area contributed by atoms with E-state index in [0.717, 1.165) is 49.9 Å². The molecular weight excluding hydrogens is 469 g/mol. The maximum atomic E-state index is 13.5. The van der Waals surface area contributed by atoms with Crippen molar-refractivity contribution in [1.82, 2.24) is 15.3 Å². The number of nitrogens with zero attached hydrogens (tertiary/aromatic N) is 3. The Morgan fingerprint density at radius 3 is 2.68 bits per heavy atom. The minimum atomic E-state index is -4.58. The number of carbonyl (C=O) groups excluding carboxylic acids is 1. The van der Waals surface area contributed by atoms with Gasteiger partial charge in [-0.3, -0.25) is 4.79 Å². The van der Waals surface area contributed by atoms with Crippen LogP contribution in [0.5, 0.6) is 0 Å². The molecule has 1 N–H and O–H groups in total. The van der Waals surface area contributed by atoms with Crippen LogP contribution in [0.15, 0.2) is 50.6 Å². The van der Waals surface area contributed by atoms with Crippen LogP contribution < -0.4 is 10.2 Å². The van der Waals surface area contributed by atoms with Gasteiger partial charge in [-0.15, -0.1) is 0 Å². The average Bonchev–Trinajstić information content (AvgIpc) is 3.53. The predicted molar refractivity (Wildman–Crippen MR) is 120 cm³/mol. The number of furan rings is 2. The standard InChI is InChI=1S/C23H25F3N4O3S/c1-30(15-6-3-2-4-7-15)20-12-19(23(24,25)26)28-22(29-20)34-14-17-9-10-18(33-17)21(31)27-13-16-8-5-11-32-16/h5,8-12,15H,2-4,6-7,13-14H2,1H3,(H,27,31). The highest BCUT2D eigenvalue weighted by molar-refractivity contribution is 7.98. The second-order valence-corrected chi connectivity index (χ2v) is 9.05. The van der Waals surface area contributed by atoms with Gasteiger partial charge in [-0.25, -0.2) is 9.97 Å². The molecule has 1 aliphatic carbocycles. The average molecular weight is 495 g/mol. The van der Waals surface area contributed by atoms with Crippen molar-refractivity contribution < 1.29 is 26.8 Å². The first kappa shape index (κ1) is 24.2. The number of thioether (sulfide) groups is 1. The summed E-state index contributed by atoms with van der Waals surface area (Å²) in [5.41, 5.74) is -0.972. The maximum Gasteiger partial charge on any atom is 0.433 e. The molecule has 0 bridgehead atoms. The molecular formula is C23H25F3N4O3S. The van der Waals surface area contributed by atoms with Crippen LogP contribution in [0.1, 0.15) is 59.9 Å². The molecule has 0 aliphatic heterocycles. The Kier molecular flexibility index (Phi) is 7.50. The Morgan fingerprint density at radius 1 is 1.18 bits per heavy atom. The number of carbonyl (C=O) groups is 1. The van der Waals surface area contributed by atoms with E-state index in [0.29, 0.717) is 11.5 Å². The first-order chi connectivity index (χ1) is 16.3. The lowest BCUT2D eigenvalue weighted by Crippen LogP contribution is -2.34. The number of halogens is 3. The highest BCUT2D eigenvalue weighted by Gasteiger charge is 2.34. The molecule has 0 unspecified atom stereocenters. The van der Waals surface area contributed by atoms with E-state index < -0.39 is 17.8 Å². The third-order valence-corrected chi connectivity index (χ3v) is 6.57. The zero-order valence-electron chi connectivity index (χ0n) is 18.6. The van der Waals surface area contributed by atoms with Crippen molar-refractivity contribution in [2.45, 2.75) is 61.8 Å². The highest BCUT2D eigenvalue weighted by atomic mass is 32.2. The normalized spacial score (nSPS) is 14.8. The van der Waals surface area contributed by atoms with Crippen LogP contribution in [0.3, 0.4) is 0 Å². The third-order valence-electron chi connectivity index (χ3n) is 5.70. The van der Waals surface area contributed by atoms with Gasteiger partial charge >= 0.3 is 6.18 Å². The quantitative estimate of drug-likeness (QED) is 0.319. The van der Waals surface area contributed by atoms with E-state index in [9.17, 15) is 18.0 Å². The SMILES string of the molecule is CN(c1cc(C(F)(F)F)nc(SCc2ccc(C(=O)NCc3ccco3)o2)n1)C1CCCCC1. The summed E-state index contributed by atoms with van der Waals surface area (Å²) in [6, 6.07) is 7.75. The van der Waals surface area contributed by atoms with Crippen molar-refractivity contribution >= 4 is 23.5 Å². The molecule has 0 saturated heterocycles. The Hall–Kier alpha value is -2.95. The molecule has 3 aromatic heterocycles. The van der Waals surface area contributed by atoms with E-state index in [1.807, 2.05) is 4.90 Å². The van der Waals surface area contributed by atoms with E-state index >= 15 is 0 Å². The van der Waals surface area contributed by atoms with Gasteiger partial charge < -0.3 is 19.1 Å². The number of anilines is 1. The van der Waals surface area contributed by atoms with E-state index in [-0.39, 0.29) is 35.1 Å². The second kappa shape index (κ2) is 10.5. The van der Waals surface area contributed by atoms with Gasteiger partial charge in [0, 0.05) is 19.2 Å². The van der Waals surface area contributed by atoms with Gasteiger partial charge in [0.1, 0.15) is 17.3 Å². The Bertz CT molecular complexity index is 1100. The van der Waals surface area contributed by atoms with E-state index in [4.69, 9.17) is 8.83 Å². The fraction of sp³-hybridized carbons (Fsp3) is 0.435. The van der Waals surface area contributed by atoms with Crippen LogP contribution in [-0.4, -0.2) is 29.0 Å². The molecule has 0 spiro atoms. The number of hydrogen-bond acceptors (Lipinski definition) is 7. The molecule has 1 fully saturated rings. The van der Waals surface area contributed by atoms with Gasteiger partial charge in [-0.2, -0.15) is 13.2 Å². The van der Waals surface area contributed by atoms with Crippen molar-refractivity contribution in [2.24, 2.45) is 0 Å². The highest BCUT2D eigenvalue weighted by Crippen LogP contribution is 2.34. The Labute approximate surface area is 199 Å². The van der Waals surface area contributed by atoms with Crippen molar-refractivity contribution in [2.75, 3.05) is 11.9 Å². The number of aromatic nitrogens is 2. The van der Waals surface area contributed by atoms with E-state index in [1.54, 1.807) is 25.2 Å². The second-order valence-electron chi connectivity index (χ2n) is 8.11. The molecule has 0 atom stereocenters. The van der Waals surface area contributed by atoms with Crippen LogP contribution in [0.4, 0.5) is 19.0 Å². The molecule has 1 saturated carbocycles. The predicted octanol–water partition coefficient (Wildman–Crippen LogP) is 5.67. The lowest BCUT2D eigenvalue weighted by atomic mass is 9.94. The van der Waals surface area contributed by atoms with Gasteiger partial charge in [-0.05, 0) is 37.1 Å². The summed E-state index contributed by atoms with van der Waals surface area (Å²) in [4.78, 5) is 22.2. The molecule has 34 heavy (non-hydrogen) atoms. The molecule has 182 valence electrons. The van der Waals surface area contributed by atoms with Gasteiger partial charge in [-0.1, -0.05) is 31.0 Å². The minimum absolute atomic E-state index is 0.00713. The van der Waals surface area contributed by atoms with Gasteiger partial charge in [0.2, 0.25) is 0 Å². The van der Waals surface area contributed by atoms with Crippen LogP contribution in [0, 0.1) is 0 Å². The van der Waals surface area contributed by atoms with Gasteiger partial charge in [0.05, 0.1) is 18.6 Å². The lowest BCUT2D eigenvalue weighted by molar-refractivity contribution is -0.141. The zero-order chi connectivity index (χ0) is 24.1. The van der Waals surface area contributed by atoms with Crippen molar-refractivity contribution in [3.8, 4) is 0 Å². The number of rotatable bonds is 8. The molecule has 3 heterocycles. The molecule has 0 radical (unpaired) electrons. The number of nitrogens with one attached hydrogen (secondary N) is 1. The number of alkyl halides is 3. The molecule has 3 aromatic rings. The van der Waals surface area contributed by atoms with Crippen LogP contribution in [0.25, 0.3) is 0 Å². The summed E-state index contributed by atoms with van der Waals surface area (Å²) in [5, 5.41) is 2.68. The monoisotopic (exact) mass is 494 g/mol. The fourth-order valence-corrected chi connectivity index (χ4v) is 4.59. The third kappa shape index (κ3) is 6.13. The zero-order valence-corrected chi connectivity index (χ0v) is 19.4. The van der Waals surface area contributed by atoms with Gasteiger partial charge in [0.15, 0.2) is 16.6 Å².